The van der Waals surface area contributed by atoms with Crippen LogP contribution in [-0.4, -0.2) is 28.7 Å². The Bertz CT molecular complexity index is 673. The van der Waals surface area contributed by atoms with Crippen molar-refractivity contribution in [3.05, 3.63) is 59.1 Å². The number of hydrogen-bond donors (Lipinski definition) is 1. The van der Waals surface area contributed by atoms with E-state index in [1.165, 1.54) is 5.06 Å². The molecule has 0 fully saturated rings. The molecule has 0 aliphatic heterocycles. The molecule has 0 unspecified atom stereocenters. The number of aliphatic hydroxyl groups excluding tert-OH is 1. The zero-order valence-corrected chi connectivity index (χ0v) is 14.4. The summed E-state index contributed by atoms with van der Waals surface area (Å²) in [5.41, 5.74) is 0.873. The first-order chi connectivity index (χ1) is 11.5. The zero-order valence-electron chi connectivity index (χ0n) is 13.6. The van der Waals surface area contributed by atoms with Crippen molar-refractivity contribution in [2.75, 3.05) is 6.61 Å². The highest BCUT2D eigenvalue weighted by atomic mass is 35.5. The molecule has 0 bridgehead atoms. The molecule has 2 aromatic carbocycles. The number of carbonyl (C=O) groups excluding carboxylic acids is 1. The standard InChI is InChI=1S/C18H20ClNO4/c1-13(2)20(18(22)11-21)23-12-14-7-9-15(10-8-14)24-17-6-4-3-5-16(17)19/h3-10,13,21H,11-12H2,1-2H3. The molecule has 0 atom stereocenters. The molecule has 2 rings (SSSR count). The Morgan fingerprint density at radius 2 is 1.83 bits per heavy atom. The van der Waals surface area contributed by atoms with Crippen LogP contribution >= 0.6 is 11.6 Å². The molecule has 0 radical (unpaired) electrons. The van der Waals surface area contributed by atoms with Crippen molar-refractivity contribution in [2.45, 2.75) is 26.5 Å². The number of hydrogen-bond acceptors (Lipinski definition) is 4. The first kappa shape index (κ1) is 18.3. The second-order valence-corrected chi connectivity index (χ2v) is 5.83. The monoisotopic (exact) mass is 349 g/mol. The smallest absolute Gasteiger partial charge is 0.272 e. The van der Waals surface area contributed by atoms with Crippen LogP contribution in [0, 0.1) is 0 Å². The summed E-state index contributed by atoms with van der Waals surface area (Å²) in [6.07, 6.45) is 0. The van der Waals surface area contributed by atoms with Crippen LogP contribution in [0.4, 0.5) is 0 Å². The number of hydroxylamine groups is 2. The number of amides is 1. The summed E-state index contributed by atoms with van der Waals surface area (Å²) in [6, 6.07) is 14.4. The van der Waals surface area contributed by atoms with Gasteiger partial charge >= 0.3 is 0 Å². The third kappa shape index (κ3) is 4.96. The Hall–Kier alpha value is -2.08. The lowest BCUT2D eigenvalue weighted by Crippen LogP contribution is -2.38. The maximum atomic E-state index is 11.6. The van der Waals surface area contributed by atoms with Crippen LogP contribution in [0.15, 0.2) is 48.5 Å². The van der Waals surface area contributed by atoms with Crippen molar-refractivity contribution in [3.8, 4) is 11.5 Å². The quantitative estimate of drug-likeness (QED) is 0.772. The molecule has 0 saturated heterocycles. The molecular weight excluding hydrogens is 330 g/mol. The minimum atomic E-state index is -0.581. The van der Waals surface area contributed by atoms with Crippen molar-refractivity contribution in [3.63, 3.8) is 0 Å². The fourth-order valence-electron chi connectivity index (χ4n) is 2.03. The maximum Gasteiger partial charge on any atom is 0.272 e. The SMILES string of the molecule is CC(C)N(OCc1ccc(Oc2ccccc2Cl)cc1)C(=O)CO. The second kappa shape index (κ2) is 8.68. The largest absolute Gasteiger partial charge is 0.456 e. The zero-order chi connectivity index (χ0) is 17.5. The van der Waals surface area contributed by atoms with Crippen LogP contribution in [0.5, 0.6) is 11.5 Å². The number of ether oxygens (including phenoxy) is 1. The van der Waals surface area contributed by atoms with E-state index in [1.807, 2.05) is 38.1 Å². The van der Waals surface area contributed by atoms with Crippen molar-refractivity contribution >= 4 is 17.5 Å². The van der Waals surface area contributed by atoms with Crippen LogP contribution in [0.3, 0.4) is 0 Å². The summed E-state index contributed by atoms with van der Waals surface area (Å²) in [7, 11) is 0. The van der Waals surface area contributed by atoms with Gasteiger partial charge < -0.3 is 9.84 Å². The topological polar surface area (TPSA) is 59.0 Å². The third-order valence-electron chi connectivity index (χ3n) is 3.21. The minimum Gasteiger partial charge on any atom is -0.456 e. The average molecular weight is 350 g/mol. The van der Waals surface area contributed by atoms with Crippen LogP contribution in [0.1, 0.15) is 19.4 Å². The number of nitrogens with zero attached hydrogens (tertiary/aromatic N) is 1. The summed E-state index contributed by atoms with van der Waals surface area (Å²) >= 11 is 6.06. The van der Waals surface area contributed by atoms with Gasteiger partial charge in [0.1, 0.15) is 24.7 Å². The molecule has 0 saturated carbocycles. The van der Waals surface area contributed by atoms with Gasteiger partial charge in [0.25, 0.3) is 5.91 Å². The molecule has 0 spiro atoms. The molecule has 0 aliphatic carbocycles. The van der Waals surface area contributed by atoms with Crippen LogP contribution in [0.2, 0.25) is 5.02 Å². The molecule has 128 valence electrons. The Morgan fingerprint density at radius 3 is 2.42 bits per heavy atom. The van der Waals surface area contributed by atoms with E-state index in [9.17, 15) is 4.79 Å². The highest BCUT2D eigenvalue weighted by molar-refractivity contribution is 6.32. The Labute approximate surface area is 146 Å². The van der Waals surface area contributed by atoms with Gasteiger partial charge in [0.2, 0.25) is 0 Å². The minimum absolute atomic E-state index is 0.160. The summed E-state index contributed by atoms with van der Waals surface area (Å²) in [5.74, 6) is 0.769. The van der Waals surface area contributed by atoms with Gasteiger partial charge in [-0.05, 0) is 43.7 Å². The summed E-state index contributed by atoms with van der Waals surface area (Å²) in [6.45, 7) is 3.27. The first-order valence-electron chi connectivity index (χ1n) is 7.58. The Kier molecular flexibility index (Phi) is 6.61. The van der Waals surface area contributed by atoms with Gasteiger partial charge in [-0.25, -0.2) is 5.06 Å². The number of carbonyl (C=O) groups is 1. The van der Waals surface area contributed by atoms with E-state index in [1.54, 1.807) is 24.3 Å². The Balaban J connectivity index is 1.97. The van der Waals surface area contributed by atoms with E-state index in [0.29, 0.717) is 16.5 Å². The van der Waals surface area contributed by atoms with Crippen molar-refractivity contribution < 1.29 is 19.5 Å². The van der Waals surface area contributed by atoms with Gasteiger partial charge in [-0.1, -0.05) is 35.9 Å². The molecule has 5 nitrogen and oxygen atoms in total. The van der Waals surface area contributed by atoms with Crippen molar-refractivity contribution in [2.24, 2.45) is 0 Å². The van der Waals surface area contributed by atoms with Gasteiger partial charge in [0.05, 0.1) is 11.1 Å². The number of benzene rings is 2. The number of aliphatic hydroxyl groups is 1. The van der Waals surface area contributed by atoms with Crippen LogP contribution in [-0.2, 0) is 16.2 Å². The fraction of sp³-hybridized carbons (Fsp3) is 0.278. The number of rotatable bonds is 7. The van der Waals surface area contributed by atoms with Gasteiger partial charge in [0.15, 0.2) is 0 Å². The predicted molar refractivity (Wildman–Crippen MR) is 91.8 cm³/mol. The highest BCUT2D eigenvalue weighted by Gasteiger charge is 2.17. The highest BCUT2D eigenvalue weighted by Crippen LogP contribution is 2.28. The summed E-state index contributed by atoms with van der Waals surface area (Å²) in [5, 5.41) is 10.7. The van der Waals surface area contributed by atoms with Crippen molar-refractivity contribution in [1.82, 2.24) is 5.06 Å². The van der Waals surface area contributed by atoms with Crippen LogP contribution in [0.25, 0.3) is 0 Å². The average Bonchev–Trinajstić information content (AvgIpc) is 2.58. The molecule has 1 amide bonds. The molecule has 1 N–H and O–H groups in total. The molecule has 0 aromatic heterocycles. The van der Waals surface area contributed by atoms with Crippen molar-refractivity contribution in [1.29, 1.82) is 0 Å². The summed E-state index contributed by atoms with van der Waals surface area (Å²) < 4.78 is 5.71. The molecule has 24 heavy (non-hydrogen) atoms. The molecule has 6 heteroatoms. The number of halogens is 1. The molecule has 2 aromatic rings. The normalized spacial score (nSPS) is 10.7. The lowest BCUT2D eigenvalue weighted by molar-refractivity contribution is -0.204. The molecule has 0 heterocycles. The first-order valence-corrected chi connectivity index (χ1v) is 7.96. The van der Waals surface area contributed by atoms with Gasteiger partial charge in [-0.3, -0.25) is 9.63 Å². The van der Waals surface area contributed by atoms with E-state index in [2.05, 4.69) is 0 Å². The lowest BCUT2D eigenvalue weighted by atomic mass is 10.2. The predicted octanol–water partition coefficient (Wildman–Crippen LogP) is 3.79. The van der Waals surface area contributed by atoms with E-state index in [-0.39, 0.29) is 12.6 Å². The van der Waals surface area contributed by atoms with Crippen LogP contribution < -0.4 is 4.74 Å². The third-order valence-corrected chi connectivity index (χ3v) is 3.52. The number of para-hydroxylation sites is 1. The fourth-order valence-corrected chi connectivity index (χ4v) is 2.21. The lowest BCUT2D eigenvalue weighted by Gasteiger charge is -2.24. The van der Waals surface area contributed by atoms with Gasteiger partial charge in [-0.2, -0.15) is 0 Å². The Morgan fingerprint density at radius 1 is 1.17 bits per heavy atom. The molecular formula is C18H20ClNO4. The second-order valence-electron chi connectivity index (χ2n) is 5.42. The van der Waals surface area contributed by atoms with E-state index >= 15 is 0 Å². The van der Waals surface area contributed by atoms with E-state index in [4.69, 9.17) is 26.3 Å². The molecule has 0 aliphatic rings. The van der Waals surface area contributed by atoms with Gasteiger partial charge in [-0.15, -0.1) is 0 Å². The van der Waals surface area contributed by atoms with E-state index < -0.39 is 12.5 Å². The van der Waals surface area contributed by atoms with Gasteiger partial charge in [0, 0.05) is 0 Å². The summed E-state index contributed by atoms with van der Waals surface area (Å²) in [4.78, 5) is 17.1. The maximum absolute atomic E-state index is 11.6. The van der Waals surface area contributed by atoms with E-state index in [0.717, 1.165) is 5.56 Å².